The van der Waals surface area contributed by atoms with Crippen molar-refractivity contribution in [1.29, 1.82) is 0 Å². The molecule has 0 amide bonds. The third-order valence-corrected chi connectivity index (χ3v) is 5.49. The highest BCUT2D eigenvalue weighted by atomic mass is 32.2. The zero-order valence-electron chi connectivity index (χ0n) is 14.7. The number of hydrogen-bond acceptors (Lipinski definition) is 4. The van der Waals surface area contributed by atoms with E-state index in [0.717, 1.165) is 30.5 Å². The van der Waals surface area contributed by atoms with E-state index in [9.17, 15) is 34.8 Å². The molecule has 0 bridgehead atoms. The second-order valence-corrected chi connectivity index (χ2v) is 8.52. The molecular weight excluding hydrogens is 422 g/mol. The molecule has 2 aromatic carbocycles. The molecule has 0 aliphatic carbocycles. The summed E-state index contributed by atoms with van der Waals surface area (Å²) in [5, 5.41) is 2.22. The third kappa shape index (κ3) is 4.55. The van der Waals surface area contributed by atoms with Gasteiger partial charge in [-0.2, -0.15) is 26.3 Å². The molecule has 11 heteroatoms. The zero-order valence-corrected chi connectivity index (χ0v) is 15.5. The van der Waals surface area contributed by atoms with Crippen LogP contribution in [0.25, 0.3) is 0 Å². The van der Waals surface area contributed by atoms with E-state index in [1.807, 2.05) is 0 Å². The van der Waals surface area contributed by atoms with E-state index in [0.29, 0.717) is 0 Å². The first-order valence-corrected chi connectivity index (χ1v) is 10.0. The smallest absolute Gasteiger partial charge is 0.356 e. The lowest BCUT2D eigenvalue weighted by Crippen LogP contribution is -2.44. The van der Waals surface area contributed by atoms with Crippen molar-refractivity contribution >= 4 is 15.7 Å². The largest absolute Gasteiger partial charge is 0.416 e. The lowest BCUT2D eigenvalue weighted by atomic mass is 10.0. The molecule has 0 spiro atoms. The van der Waals surface area contributed by atoms with Gasteiger partial charge in [0.1, 0.15) is 11.9 Å². The Hall–Kier alpha value is -2.56. The molecule has 2 atom stereocenters. The van der Waals surface area contributed by atoms with Crippen LogP contribution in [0.2, 0.25) is 0 Å². The summed E-state index contributed by atoms with van der Waals surface area (Å²) in [5.74, 6) is -0.196. The topological polar surface area (TPSA) is 58.5 Å². The van der Waals surface area contributed by atoms with Crippen LogP contribution in [0.5, 0.6) is 0 Å². The molecule has 156 valence electrons. The summed E-state index contributed by atoms with van der Waals surface area (Å²) >= 11 is 0. The van der Waals surface area contributed by atoms with Gasteiger partial charge in [0.25, 0.3) is 0 Å². The second-order valence-electron chi connectivity index (χ2n) is 6.50. The van der Waals surface area contributed by atoms with Crippen LogP contribution in [-0.4, -0.2) is 32.7 Å². The maximum Gasteiger partial charge on any atom is 0.416 e. The minimum atomic E-state index is -4.70. The van der Waals surface area contributed by atoms with Crippen molar-refractivity contribution < 1.29 is 34.8 Å². The van der Waals surface area contributed by atoms with Gasteiger partial charge in [0.05, 0.1) is 10.5 Å². The summed E-state index contributed by atoms with van der Waals surface area (Å²) in [6.07, 6.45) is -8.29. The zero-order chi connectivity index (χ0) is 21.6. The van der Waals surface area contributed by atoms with Crippen molar-refractivity contribution in [3.8, 4) is 0 Å². The van der Waals surface area contributed by atoms with Crippen molar-refractivity contribution in [2.75, 3.05) is 6.26 Å². The second kappa shape index (κ2) is 7.05. The number of nitrogens with zero attached hydrogens (tertiary/aromatic N) is 1. The number of hydrogen-bond donors (Lipinski definition) is 1. The molecule has 2 aromatic rings. The van der Waals surface area contributed by atoms with Crippen LogP contribution >= 0.6 is 0 Å². The Morgan fingerprint density at radius 2 is 1.45 bits per heavy atom. The van der Waals surface area contributed by atoms with Crippen molar-refractivity contribution in [3.05, 3.63) is 65.2 Å². The standard InChI is InChI=1S/C18H14F6N2O2S/c1-29(27,28)13-8-4-10(5-9-13)14-15(18(22,23)24)26-16(25-14)11-2-6-12(7-3-11)17(19,20)21/h2-9,14-15H,1H3,(H,25,26). The Balaban J connectivity index is 1.97. The van der Waals surface area contributed by atoms with Gasteiger partial charge in [0.15, 0.2) is 15.9 Å². The highest BCUT2D eigenvalue weighted by Gasteiger charge is 2.49. The summed E-state index contributed by atoms with van der Waals surface area (Å²) in [6.45, 7) is 0. The molecule has 0 saturated carbocycles. The van der Waals surface area contributed by atoms with Gasteiger partial charge < -0.3 is 5.32 Å². The quantitative estimate of drug-likeness (QED) is 0.737. The minimum absolute atomic E-state index is 0.0530. The fourth-order valence-corrected chi connectivity index (χ4v) is 3.52. The predicted octanol–water partition coefficient (Wildman–Crippen LogP) is 4.13. The Morgan fingerprint density at radius 3 is 1.90 bits per heavy atom. The number of benzene rings is 2. The SMILES string of the molecule is CS(=O)(=O)c1ccc(C2N=C(c3ccc(C(F)(F)F)cc3)NC2C(F)(F)F)cc1. The molecule has 1 aliphatic heterocycles. The first-order valence-electron chi connectivity index (χ1n) is 8.15. The highest BCUT2D eigenvalue weighted by Crippen LogP contribution is 2.37. The Morgan fingerprint density at radius 1 is 0.897 bits per heavy atom. The summed E-state index contributed by atoms with van der Waals surface area (Å²) in [4.78, 5) is 3.96. The third-order valence-electron chi connectivity index (χ3n) is 4.36. The molecule has 0 radical (unpaired) electrons. The van der Waals surface area contributed by atoms with E-state index in [1.165, 1.54) is 24.3 Å². The van der Waals surface area contributed by atoms with Gasteiger partial charge >= 0.3 is 12.4 Å². The summed E-state index contributed by atoms with van der Waals surface area (Å²) in [5.41, 5.74) is -0.739. The lowest BCUT2D eigenvalue weighted by molar-refractivity contribution is -0.154. The van der Waals surface area contributed by atoms with Crippen molar-refractivity contribution in [3.63, 3.8) is 0 Å². The summed E-state index contributed by atoms with van der Waals surface area (Å²) < 4.78 is 102. The monoisotopic (exact) mass is 436 g/mol. The number of alkyl halides is 6. The maximum atomic E-state index is 13.5. The van der Waals surface area contributed by atoms with Gasteiger partial charge in [0.2, 0.25) is 0 Å². The van der Waals surface area contributed by atoms with Crippen molar-refractivity contribution in [1.82, 2.24) is 5.32 Å². The number of nitrogens with one attached hydrogen (secondary N) is 1. The summed E-state index contributed by atoms with van der Waals surface area (Å²) in [6, 6.07) is 4.92. The summed E-state index contributed by atoms with van der Waals surface area (Å²) in [7, 11) is -3.52. The molecule has 0 fully saturated rings. The first kappa shape index (κ1) is 21.2. The van der Waals surface area contributed by atoms with E-state index in [4.69, 9.17) is 0 Å². The molecule has 1 aliphatic rings. The van der Waals surface area contributed by atoms with Crippen LogP contribution in [-0.2, 0) is 16.0 Å². The van der Waals surface area contributed by atoms with E-state index < -0.39 is 39.8 Å². The number of halogens is 6. The molecule has 1 N–H and O–H groups in total. The van der Waals surface area contributed by atoms with Crippen molar-refractivity contribution in [2.45, 2.75) is 29.3 Å². The van der Waals surface area contributed by atoms with E-state index in [1.54, 1.807) is 0 Å². The van der Waals surface area contributed by atoms with Gasteiger partial charge in [0, 0.05) is 11.8 Å². The number of amidine groups is 1. The Bertz CT molecular complexity index is 1030. The molecule has 3 rings (SSSR count). The van der Waals surface area contributed by atoms with Gasteiger partial charge in [-0.05, 0) is 29.8 Å². The van der Waals surface area contributed by atoms with Crippen molar-refractivity contribution in [2.24, 2.45) is 4.99 Å². The average Bonchev–Trinajstić information content (AvgIpc) is 3.06. The minimum Gasteiger partial charge on any atom is -0.356 e. The van der Waals surface area contributed by atoms with E-state index in [-0.39, 0.29) is 21.9 Å². The number of rotatable bonds is 3. The molecular formula is C18H14F6N2O2S. The van der Waals surface area contributed by atoms with Crippen LogP contribution in [0.1, 0.15) is 22.7 Å². The van der Waals surface area contributed by atoms with Gasteiger partial charge in [-0.1, -0.05) is 24.3 Å². The van der Waals surface area contributed by atoms with Crippen LogP contribution in [0, 0.1) is 0 Å². The van der Waals surface area contributed by atoms with Crippen LogP contribution < -0.4 is 5.32 Å². The number of aliphatic imine (C=N–C) groups is 1. The molecule has 1 heterocycles. The first-order chi connectivity index (χ1) is 13.3. The molecule has 4 nitrogen and oxygen atoms in total. The van der Waals surface area contributed by atoms with Crippen LogP contribution in [0.3, 0.4) is 0 Å². The van der Waals surface area contributed by atoms with Crippen LogP contribution in [0.4, 0.5) is 26.3 Å². The normalized spacial score (nSPS) is 20.3. The van der Waals surface area contributed by atoms with Gasteiger partial charge in [-0.15, -0.1) is 0 Å². The van der Waals surface area contributed by atoms with E-state index in [2.05, 4.69) is 10.3 Å². The van der Waals surface area contributed by atoms with E-state index >= 15 is 0 Å². The van der Waals surface area contributed by atoms with Gasteiger partial charge in [-0.25, -0.2) is 8.42 Å². The average molecular weight is 436 g/mol. The number of sulfone groups is 1. The Labute approximate surface area is 162 Å². The fourth-order valence-electron chi connectivity index (χ4n) is 2.89. The molecule has 29 heavy (non-hydrogen) atoms. The van der Waals surface area contributed by atoms with Crippen LogP contribution in [0.15, 0.2) is 58.4 Å². The fraction of sp³-hybridized carbons (Fsp3) is 0.278. The maximum absolute atomic E-state index is 13.5. The predicted molar refractivity (Wildman–Crippen MR) is 93.3 cm³/mol. The molecule has 0 aromatic heterocycles. The lowest BCUT2D eigenvalue weighted by Gasteiger charge is -2.22. The Kier molecular flexibility index (Phi) is 5.14. The highest BCUT2D eigenvalue weighted by molar-refractivity contribution is 7.90. The van der Waals surface area contributed by atoms with Gasteiger partial charge in [-0.3, -0.25) is 4.99 Å². The molecule has 0 saturated heterocycles. The molecule has 2 unspecified atom stereocenters.